The highest BCUT2D eigenvalue weighted by molar-refractivity contribution is 7.10. The molecule has 0 fully saturated rings. The quantitative estimate of drug-likeness (QED) is 0.887. The van der Waals surface area contributed by atoms with E-state index in [2.05, 4.69) is 50.7 Å². The number of aryl methyl sites for hydroxylation is 2. The number of anilines is 1. The molecule has 0 aliphatic carbocycles. The number of hydrogen-bond acceptors (Lipinski definition) is 6. The molecule has 22 heavy (non-hydrogen) atoms. The molecule has 0 amide bonds. The zero-order valence-electron chi connectivity index (χ0n) is 13.3. The summed E-state index contributed by atoms with van der Waals surface area (Å²) in [4.78, 5) is 8.61. The zero-order chi connectivity index (χ0) is 15.4. The van der Waals surface area contributed by atoms with E-state index in [1.807, 2.05) is 11.3 Å². The Bertz CT molecular complexity index is 625. The fourth-order valence-corrected chi connectivity index (χ4v) is 3.73. The van der Waals surface area contributed by atoms with E-state index in [0.29, 0.717) is 5.95 Å². The van der Waals surface area contributed by atoms with Crippen molar-refractivity contribution in [3.8, 4) is 0 Å². The van der Waals surface area contributed by atoms with Crippen LogP contribution in [0.3, 0.4) is 0 Å². The summed E-state index contributed by atoms with van der Waals surface area (Å²) in [5.41, 5.74) is 3.56. The van der Waals surface area contributed by atoms with Gasteiger partial charge in [0, 0.05) is 31.1 Å². The van der Waals surface area contributed by atoms with Crippen molar-refractivity contribution in [3.63, 3.8) is 0 Å². The van der Waals surface area contributed by atoms with Gasteiger partial charge in [0.05, 0.1) is 11.4 Å². The van der Waals surface area contributed by atoms with E-state index in [4.69, 9.17) is 0 Å². The highest BCUT2D eigenvalue weighted by atomic mass is 32.1. The lowest BCUT2D eigenvalue weighted by molar-refractivity contribution is 0.266. The first kappa shape index (κ1) is 15.4. The molecule has 2 aromatic rings. The molecular formula is C16H23N5S. The summed E-state index contributed by atoms with van der Waals surface area (Å²) in [5.74, 6) is 0.655. The molecule has 0 atom stereocenters. The largest absolute Gasteiger partial charge is 0.352 e. The van der Waals surface area contributed by atoms with Gasteiger partial charge in [-0.1, -0.05) is 13.8 Å². The van der Waals surface area contributed by atoms with Gasteiger partial charge in [-0.25, -0.2) is 4.98 Å². The van der Waals surface area contributed by atoms with Gasteiger partial charge in [-0.05, 0) is 36.3 Å². The van der Waals surface area contributed by atoms with E-state index in [1.54, 1.807) is 4.88 Å². The molecule has 6 heteroatoms. The number of fused-ring (bicyclic) bond motifs is 1. The number of thiophene rings is 1. The summed E-state index contributed by atoms with van der Waals surface area (Å²) < 4.78 is 0. The Labute approximate surface area is 135 Å². The monoisotopic (exact) mass is 317 g/mol. The van der Waals surface area contributed by atoms with Crippen molar-refractivity contribution in [2.45, 2.75) is 39.7 Å². The SMILES string of the molecule is CCc1nnc(NCCN2CCc3sccc3C2)nc1CC. The normalized spacial score (nSPS) is 14.8. The lowest BCUT2D eigenvalue weighted by Crippen LogP contribution is -2.33. The minimum absolute atomic E-state index is 0.655. The molecule has 0 radical (unpaired) electrons. The standard InChI is InChI=1S/C16H23N5S/c1-3-13-14(4-2)19-20-16(18-13)17-7-9-21-8-5-15-12(11-21)6-10-22-15/h6,10H,3-5,7-9,11H2,1-2H3,(H,17,18,20). The van der Waals surface area contributed by atoms with Gasteiger partial charge in [-0.3, -0.25) is 4.90 Å². The molecule has 0 saturated heterocycles. The average molecular weight is 317 g/mol. The molecular weight excluding hydrogens is 294 g/mol. The molecule has 5 nitrogen and oxygen atoms in total. The van der Waals surface area contributed by atoms with E-state index in [9.17, 15) is 0 Å². The van der Waals surface area contributed by atoms with E-state index in [-0.39, 0.29) is 0 Å². The number of nitrogens with one attached hydrogen (secondary N) is 1. The Balaban J connectivity index is 1.51. The van der Waals surface area contributed by atoms with Crippen molar-refractivity contribution in [1.82, 2.24) is 20.1 Å². The highest BCUT2D eigenvalue weighted by Gasteiger charge is 2.16. The fourth-order valence-electron chi connectivity index (χ4n) is 2.84. The van der Waals surface area contributed by atoms with Gasteiger partial charge < -0.3 is 5.32 Å². The first-order valence-electron chi connectivity index (χ1n) is 8.04. The van der Waals surface area contributed by atoms with Crippen molar-refractivity contribution >= 4 is 17.3 Å². The van der Waals surface area contributed by atoms with Crippen LogP contribution in [0.4, 0.5) is 5.95 Å². The molecule has 1 N–H and O–H groups in total. The Hall–Kier alpha value is -1.53. The van der Waals surface area contributed by atoms with E-state index < -0.39 is 0 Å². The fraction of sp³-hybridized carbons (Fsp3) is 0.562. The average Bonchev–Trinajstić information content (AvgIpc) is 3.02. The van der Waals surface area contributed by atoms with Crippen LogP contribution in [-0.2, 0) is 25.8 Å². The van der Waals surface area contributed by atoms with Crippen LogP contribution in [0.2, 0.25) is 0 Å². The molecule has 118 valence electrons. The van der Waals surface area contributed by atoms with Crippen molar-refractivity contribution in [2.24, 2.45) is 0 Å². The second-order valence-corrected chi connectivity index (χ2v) is 6.56. The summed E-state index contributed by atoms with van der Waals surface area (Å²) in [6, 6.07) is 2.25. The van der Waals surface area contributed by atoms with Gasteiger partial charge in [0.2, 0.25) is 5.95 Å². The Morgan fingerprint density at radius 3 is 2.91 bits per heavy atom. The third-order valence-corrected chi connectivity index (χ3v) is 5.13. The Morgan fingerprint density at radius 1 is 1.23 bits per heavy atom. The molecule has 0 saturated carbocycles. The van der Waals surface area contributed by atoms with Crippen LogP contribution in [0.5, 0.6) is 0 Å². The molecule has 2 aromatic heterocycles. The number of aromatic nitrogens is 3. The zero-order valence-corrected chi connectivity index (χ0v) is 14.1. The summed E-state index contributed by atoms with van der Waals surface area (Å²) in [6.07, 6.45) is 2.97. The maximum atomic E-state index is 4.57. The van der Waals surface area contributed by atoms with Crippen molar-refractivity contribution in [1.29, 1.82) is 0 Å². The first-order valence-corrected chi connectivity index (χ1v) is 8.92. The Morgan fingerprint density at radius 2 is 2.09 bits per heavy atom. The van der Waals surface area contributed by atoms with Crippen molar-refractivity contribution in [2.75, 3.05) is 25.0 Å². The predicted molar refractivity (Wildman–Crippen MR) is 90.4 cm³/mol. The van der Waals surface area contributed by atoms with Gasteiger partial charge in [-0.2, -0.15) is 5.10 Å². The molecule has 3 heterocycles. The minimum Gasteiger partial charge on any atom is -0.352 e. The number of hydrogen-bond donors (Lipinski definition) is 1. The van der Waals surface area contributed by atoms with E-state index >= 15 is 0 Å². The third kappa shape index (κ3) is 3.44. The van der Waals surface area contributed by atoms with E-state index in [0.717, 1.165) is 50.4 Å². The van der Waals surface area contributed by atoms with Crippen LogP contribution >= 0.6 is 11.3 Å². The van der Waals surface area contributed by atoms with Crippen LogP contribution in [0.25, 0.3) is 0 Å². The van der Waals surface area contributed by atoms with Gasteiger partial charge in [-0.15, -0.1) is 16.4 Å². The second kappa shape index (κ2) is 7.15. The molecule has 0 aromatic carbocycles. The Kier molecular flexibility index (Phi) is 5.00. The summed E-state index contributed by atoms with van der Waals surface area (Å²) in [5, 5.41) is 14.0. The molecule has 0 unspecified atom stereocenters. The van der Waals surface area contributed by atoms with Gasteiger partial charge >= 0.3 is 0 Å². The second-order valence-electron chi connectivity index (χ2n) is 5.56. The maximum absolute atomic E-state index is 4.57. The lowest BCUT2D eigenvalue weighted by Gasteiger charge is -2.26. The summed E-state index contributed by atoms with van der Waals surface area (Å²) in [6.45, 7) is 8.27. The predicted octanol–water partition coefficient (Wildman–Crippen LogP) is 2.53. The van der Waals surface area contributed by atoms with Crippen LogP contribution in [0.15, 0.2) is 11.4 Å². The maximum Gasteiger partial charge on any atom is 0.243 e. The van der Waals surface area contributed by atoms with Crippen molar-refractivity contribution < 1.29 is 0 Å². The third-order valence-electron chi connectivity index (χ3n) is 4.11. The first-order chi connectivity index (χ1) is 10.8. The van der Waals surface area contributed by atoms with Gasteiger partial charge in [0.1, 0.15) is 0 Å². The summed E-state index contributed by atoms with van der Waals surface area (Å²) in [7, 11) is 0. The smallest absolute Gasteiger partial charge is 0.243 e. The van der Waals surface area contributed by atoms with Crippen LogP contribution in [0.1, 0.15) is 35.7 Å². The van der Waals surface area contributed by atoms with Crippen LogP contribution in [0, 0.1) is 0 Å². The summed E-state index contributed by atoms with van der Waals surface area (Å²) >= 11 is 1.89. The number of rotatable bonds is 6. The van der Waals surface area contributed by atoms with Crippen LogP contribution < -0.4 is 5.32 Å². The van der Waals surface area contributed by atoms with Gasteiger partial charge in [0.25, 0.3) is 0 Å². The molecule has 1 aliphatic heterocycles. The number of nitrogens with zero attached hydrogens (tertiary/aromatic N) is 4. The minimum atomic E-state index is 0.655. The van der Waals surface area contributed by atoms with Crippen molar-refractivity contribution in [3.05, 3.63) is 33.3 Å². The molecule has 0 bridgehead atoms. The highest BCUT2D eigenvalue weighted by Crippen LogP contribution is 2.23. The van der Waals surface area contributed by atoms with Gasteiger partial charge in [0.15, 0.2) is 0 Å². The molecule has 3 rings (SSSR count). The van der Waals surface area contributed by atoms with E-state index in [1.165, 1.54) is 12.0 Å². The lowest BCUT2D eigenvalue weighted by atomic mass is 10.1. The molecule has 0 spiro atoms. The molecule has 1 aliphatic rings. The topological polar surface area (TPSA) is 53.9 Å². The van der Waals surface area contributed by atoms with Crippen LogP contribution in [-0.4, -0.2) is 39.7 Å².